The monoisotopic (exact) mass is 405 g/mol. The van der Waals surface area contributed by atoms with Gasteiger partial charge in [0.05, 0.1) is 41.4 Å². The van der Waals surface area contributed by atoms with Gasteiger partial charge >= 0.3 is 0 Å². The van der Waals surface area contributed by atoms with Gasteiger partial charge in [0.1, 0.15) is 11.8 Å². The summed E-state index contributed by atoms with van der Waals surface area (Å²) in [5.41, 5.74) is 0.805. The lowest BCUT2D eigenvalue weighted by atomic mass is 10.2. The van der Waals surface area contributed by atoms with E-state index in [9.17, 15) is 14.4 Å². The number of hydrogen-bond acceptors (Lipinski definition) is 6. The van der Waals surface area contributed by atoms with E-state index in [-0.39, 0.29) is 18.9 Å². The van der Waals surface area contributed by atoms with Crippen LogP contribution in [0.25, 0.3) is 0 Å². The summed E-state index contributed by atoms with van der Waals surface area (Å²) in [4.78, 5) is 41.8. The van der Waals surface area contributed by atoms with E-state index in [1.54, 1.807) is 53.9 Å². The first-order valence-electron chi connectivity index (χ1n) is 8.82. The van der Waals surface area contributed by atoms with E-state index >= 15 is 0 Å². The fourth-order valence-electron chi connectivity index (χ4n) is 3.25. The Morgan fingerprint density at radius 2 is 2.00 bits per heavy atom. The number of imide groups is 1. The maximum absolute atomic E-state index is 13.1. The first-order valence-corrected chi connectivity index (χ1v) is 9.70. The number of nitriles is 1. The second-order valence-electron chi connectivity index (χ2n) is 6.44. The van der Waals surface area contributed by atoms with Gasteiger partial charge in [-0.1, -0.05) is 6.07 Å². The zero-order chi connectivity index (χ0) is 20.4. The SMILES string of the molecule is N#Cc1ccc(N2C(=O)CC(N(Cc3ccco3)C(=O)c3cccs3)C2=O)cc1. The van der Waals surface area contributed by atoms with Crippen LogP contribution in [0.1, 0.15) is 27.4 Å². The number of furan rings is 1. The van der Waals surface area contributed by atoms with Crippen molar-refractivity contribution in [1.82, 2.24) is 4.90 Å². The molecule has 1 fully saturated rings. The molecule has 8 heteroatoms. The first kappa shape index (κ1) is 18.7. The number of rotatable bonds is 5. The normalized spacial score (nSPS) is 16.1. The molecule has 1 aliphatic rings. The smallest absolute Gasteiger partial charge is 0.265 e. The maximum Gasteiger partial charge on any atom is 0.265 e. The molecule has 4 rings (SSSR count). The Kier molecular flexibility index (Phi) is 4.97. The highest BCUT2D eigenvalue weighted by molar-refractivity contribution is 7.12. The Morgan fingerprint density at radius 3 is 2.62 bits per heavy atom. The Morgan fingerprint density at radius 1 is 1.21 bits per heavy atom. The molecule has 0 saturated carbocycles. The van der Waals surface area contributed by atoms with Crippen LogP contribution in [0.4, 0.5) is 5.69 Å². The maximum atomic E-state index is 13.1. The average Bonchev–Trinajstić information content (AvgIpc) is 3.48. The van der Waals surface area contributed by atoms with Crippen molar-refractivity contribution in [3.63, 3.8) is 0 Å². The van der Waals surface area contributed by atoms with Crippen LogP contribution in [0.5, 0.6) is 0 Å². The lowest BCUT2D eigenvalue weighted by Gasteiger charge is -2.26. The number of thiophene rings is 1. The number of anilines is 1. The molecule has 29 heavy (non-hydrogen) atoms. The zero-order valence-electron chi connectivity index (χ0n) is 15.1. The van der Waals surface area contributed by atoms with Gasteiger partial charge < -0.3 is 9.32 Å². The molecular weight excluding hydrogens is 390 g/mol. The van der Waals surface area contributed by atoms with Crippen LogP contribution in [0.2, 0.25) is 0 Å². The third kappa shape index (κ3) is 3.56. The van der Waals surface area contributed by atoms with Crippen molar-refractivity contribution in [1.29, 1.82) is 5.26 Å². The van der Waals surface area contributed by atoms with Gasteiger partial charge in [-0.3, -0.25) is 14.4 Å². The van der Waals surface area contributed by atoms with Crippen molar-refractivity contribution in [3.8, 4) is 6.07 Å². The quantitative estimate of drug-likeness (QED) is 0.608. The number of carbonyl (C=O) groups excluding carboxylic acids is 3. The van der Waals surface area contributed by atoms with Crippen molar-refractivity contribution in [3.05, 3.63) is 76.4 Å². The van der Waals surface area contributed by atoms with Gasteiger partial charge in [-0.25, -0.2) is 4.90 Å². The molecule has 7 nitrogen and oxygen atoms in total. The number of amides is 3. The van der Waals surface area contributed by atoms with Gasteiger partial charge in [-0.2, -0.15) is 5.26 Å². The molecular formula is C21H15N3O4S. The van der Waals surface area contributed by atoms with E-state index < -0.39 is 17.9 Å². The van der Waals surface area contributed by atoms with Gasteiger partial charge in [0.25, 0.3) is 11.8 Å². The van der Waals surface area contributed by atoms with Crippen LogP contribution in [0.15, 0.2) is 64.6 Å². The largest absolute Gasteiger partial charge is 0.467 e. The van der Waals surface area contributed by atoms with Crippen LogP contribution in [-0.4, -0.2) is 28.7 Å². The molecule has 1 unspecified atom stereocenters. The fourth-order valence-corrected chi connectivity index (χ4v) is 3.93. The summed E-state index contributed by atoms with van der Waals surface area (Å²) in [6, 6.07) is 14.1. The van der Waals surface area contributed by atoms with Gasteiger partial charge in [0.15, 0.2) is 0 Å². The standard InChI is InChI=1S/C21H15N3O4S/c22-12-14-5-7-15(8-6-14)24-19(25)11-17(20(24)26)23(13-16-3-1-9-28-16)21(27)18-4-2-10-29-18/h1-10,17H,11,13H2. The van der Waals surface area contributed by atoms with E-state index in [1.165, 1.54) is 22.5 Å². The van der Waals surface area contributed by atoms with Crippen molar-refractivity contribution >= 4 is 34.7 Å². The highest BCUT2D eigenvalue weighted by atomic mass is 32.1. The van der Waals surface area contributed by atoms with E-state index in [1.807, 2.05) is 6.07 Å². The Labute approximate surface area is 170 Å². The molecule has 0 N–H and O–H groups in total. The predicted octanol–water partition coefficient (Wildman–Crippen LogP) is 3.19. The van der Waals surface area contributed by atoms with Crippen molar-refractivity contribution in [2.75, 3.05) is 4.90 Å². The molecule has 0 radical (unpaired) electrons. The van der Waals surface area contributed by atoms with Crippen LogP contribution < -0.4 is 4.90 Å². The van der Waals surface area contributed by atoms with E-state index in [2.05, 4.69) is 0 Å². The highest BCUT2D eigenvalue weighted by Crippen LogP contribution is 2.28. The lowest BCUT2D eigenvalue weighted by molar-refractivity contribution is -0.122. The second-order valence-corrected chi connectivity index (χ2v) is 7.38. The molecule has 3 amide bonds. The van der Waals surface area contributed by atoms with Crippen LogP contribution in [0.3, 0.4) is 0 Å². The molecule has 0 bridgehead atoms. The topological polar surface area (TPSA) is 94.6 Å². The zero-order valence-corrected chi connectivity index (χ0v) is 16.0. The van der Waals surface area contributed by atoms with Crippen LogP contribution in [-0.2, 0) is 16.1 Å². The highest BCUT2D eigenvalue weighted by Gasteiger charge is 2.44. The van der Waals surface area contributed by atoms with Crippen LogP contribution in [0, 0.1) is 11.3 Å². The summed E-state index contributed by atoms with van der Waals surface area (Å²) in [6.45, 7) is 0.0780. The minimum Gasteiger partial charge on any atom is -0.467 e. The summed E-state index contributed by atoms with van der Waals surface area (Å²) < 4.78 is 5.36. The van der Waals surface area contributed by atoms with Crippen molar-refractivity contribution in [2.24, 2.45) is 0 Å². The molecule has 1 aliphatic heterocycles. The number of carbonyl (C=O) groups is 3. The summed E-state index contributed by atoms with van der Waals surface area (Å²) in [7, 11) is 0. The first-order chi connectivity index (χ1) is 14.1. The molecule has 0 spiro atoms. The Hall–Kier alpha value is -3.70. The van der Waals surface area contributed by atoms with Gasteiger partial charge in [0.2, 0.25) is 5.91 Å². The van der Waals surface area contributed by atoms with Gasteiger partial charge in [-0.05, 0) is 47.8 Å². The molecule has 1 aromatic carbocycles. The number of nitrogens with zero attached hydrogens (tertiary/aromatic N) is 3. The van der Waals surface area contributed by atoms with Crippen LogP contribution >= 0.6 is 11.3 Å². The number of hydrogen-bond donors (Lipinski definition) is 0. The predicted molar refractivity (Wildman–Crippen MR) is 105 cm³/mol. The van der Waals surface area contributed by atoms with E-state index in [0.717, 1.165) is 4.90 Å². The van der Waals surface area contributed by atoms with Crippen molar-refractivity contribution < 1.29 is 18.8 Å². The Bertz CT molecular complexity index is 1080. The summed E-state index contributed by atoms with van der Waals surface area (Å²) in [6.07, 6.45) is 1.38. The lowest BCUT2D eigenvalue weighted by Crippen LogP contribution is -2.44. The third-order valence-corrected chi connectivity index (χ3v) is 5.51. The molecule has 1 saturated heterocycles. The summed E-state index contributed by atoms with van der Waals surface area (Å²) in [5, 5.41) is 10.7. The molecule has 0 aliphatic carbocycles. The minimum absolute atomic E-state index is 0.0780. The molecule has 2 aromatic heterocycles. The van der Waals surface area contributed by atoms with Gasteiger partial charge in [-0.15, -0.1) is 11.3 Å². The second kappa shape index (κ2) is 7.73. The molecule has 1 atom stereocenters. The minimum atomic E-state index is -0.933. The average molecular weight is 405 g/mol. The van der Waals surface area contributed by atoms with E-state index in [4.69, 9.17) is 9.68 Å². The van der Waals surface area contributed by atoms with Crippen molar-refractivity contribution in [2.45, 2.75) is 19.0 Å². The molecule has 3 aromatic rings. The Balaban J connectivity index is 1.65. The summed E-state index contributed by atoms with van der Waals surface area (Å²) in [5.74, 6) is -0.680. The molecule has 3 heterocycles. The molecule has 144 valence electrons. The summed E-state index contributed by atoms with van der Waals surface area (Å²) >= 11 is 1.27. The van der Waals surface area contributed by atoms with E-state index in [0.29, 0.717) is 21.9 Å². The fraction of sp³-hybridized carbons (Fsp3) is 0.143. The third-order valence-electron chi connectivity index (χ3n) is 4.65. The number of benzene rings is 1. The van der Waals surface area contributed by atoms with Gasteiger partial charge in [0, 0.05) is 0 Å².